The van der Waals surface area contributed by atoms with Gasteiger partial charge >= 0.3 is 0 Å². The van der Waals surface area contributed by atoms with Crippen LogP contribution in [0.5, 0.6) is 11.5 Å². The van der Waals surface area contributed by atoms with Crippen molar-refractivity contribution < 1.29 is 14.2 Å². The van der Waals surface area contributed by atoms with E-state index in [4.69, 9.17) is 19.9 Å². The Kier molecular flexibility index (Phi) is 6.97. The Bertz CT molecular complexity index is 590. The molecule has 0 aromatic heterocycles. The molecule has 0 atom stereocenters. The molecule has 126 valence electrons. The van der Waals surface area contributed by atoms with E-state index in [9.17, 15) is 0 Å². The van der Waals surface area contributed by atoms with E-state index in [0.29, 0.717) is 32.3 Å². The second kappa shape index (κ2) is 8.97. The van der Waals surface area contributed by atoms with Crippen LogP contribution in [0, 0.1) is 0 Å². The van der Waals surface area contributed by atoms with Crippen molar-refractivity contribution in [2.45, 2.75) is 12.8 Å². The zero-order valence-corrected chi connectivity index (χ0v) is 15.2. The van der Waals surface area contributed by atoms with Gasteiger partial charge in [-0.1, -0.05) is 6.08 Å². The zero-order chi connectivity index (χ0) is 15.2. The third-order valence-corrected chi connectivity index (χ3v) is 3.46. The van der Waals surface area contributed by atoms with Crippen molar-refractivity contribution in [3.05, 3.63) is 29.8 Å². The van der Waals surface area contributed by atoms with Crippen LogP contribution in [0.4, 0.5) is 5.69 Å². The number of nitrogens with two attached hydrogens (primary N) is 1. The quantitative estimate of drug-likeness (QED) is 0.333. The van der Waals surface area contributed by atoms with Gasteiger partial charge in [-0.05, 0) is 24.1 Å². The minimum atomic E-state index is 0. The first-order chi connectivity index (χ1) is 10.8. The summed E-state index contributed by atoms with van der Waals surface area (Å²) in [7, 11) is 0. The largest absolute Gasteiger partial charge is 0.490 e. The smallest absolute Gasteiger partial charge is 0.193 e. The highest BCUT2D eigenvalue weighted by molar-refractivity contribution is 14.0. The van der Waals surface area contributed by atoms with Crippen molar-refractivity contribution >= 4 is 35.6 Å². The summed E-state index contributed by atoms with van der Waals surface area (Å²) >= 11 is 0. The molecule has 0 aliphatic carbocycles. The number of ether oxygens (including phenoxy) is 3. The molecule has 0 saturated heterocycles. The van der Waals surface area contributed by atoms with Crippen LogP contribution >= 0.6 is 24.0 Å². The van der Waals surface area contributed by atoms with E-state index in [-0.39, 0.29) is 24.0 Å². The van der Waals surface area contributed by atoms with E-state index in [2.05, 4.69) is 16.4 Å². The third-order valence-electron chi connectivity index (χ3n) is 3.46. The van der Waals surface area contributed by atoms with E-state index in [1.807, 2.05) is 18.2 Å². The van der Waals surface area contributed by atoms with Gasteiger partial charge in [0.1, 0.15) is 0 Å². The number of nitrogens with zero attached hydrogens (tertiary/aromatic N) is 1. The summed E-state index contributed by atoms with van der Waals surface area (Å²) < 4.78 is 16.6. The first-order valence-corrected chi connectivity index (χ1v) is 7.53. The minimum absolute atomic E-state index is 0. The maximum Gasteiger partial charge on any atom is 0.193 e. The van der Waals surface area contributed by atoms with E-state index >= 15 is 0 Å². The monoisotopic (exact) mass is 431 g/mol. The Morgan fingerprint density at radius 1 is 1.17 bits per heavy atom. The lowest BCUT2D eigenvalue weighted by Crippen LogP contribution is -2.23. The first-order valence-electron chi connectivity index (χ1n) is 7.53. The van der Waals surface area contributed by atoms with Crippen LogP contribution in [0.2, 0.25) is 0 Å². The van der Waals surface area contributed by atoms with Gasteiger partial charge in [0, 0.05) is 18.2 Å². The Balaban J connectivity index is 0.00000192. The molecule has 2 aliphatic rings. The molecule has 3 N–H and O–H groups in total. The lowest BCUT2D eigenvalue weighted by molar-refractivity contribution is 0.150. The summed E-state index contributed by atoms with van der Waals surface area (Å²) in [5.74, 6) is 1.88. The normalized spacial score (nSPS) is 17.6. The van der Waals surface area contributed by atoms with Crippen LogP contribution in [-0.2, 0) is 4.74 Å². The SMILES string of the molecule is I.NC(=NCC1=CCCOC1)Nc1ccc2c(c1)OCCCO2. The van der Waals surface area contributed by atoms with Crippen LogP contribution in [0.3, 0.4) is 0 Å². The van der Waals surface area contributed by atoms with Crippen molar-refractivity contribution in [1.82, 2.24) is 0 Å². The molecule has 23 heavy (non-hydrogen) atoms. The molecular weight excluding hydrogens is 409 g/mol. The average molecular weight is 431 g/mol. The van der Waals surface area contributed by atoms with Crippen molar-refractivity contribution in [2.24, 2.45) is 10.7 Å². The number of halogens is 1. The van der Waals surface area contributed by atoms with E-state index in [1.54, 1.807) is 0 Å². The molecule has 0 spiro atoms. The summed E-state index contributed by atoms with van der Waals surface area (Å²) in [6.45, 7) is 3.33. The van der Waals surface area contributed by atoms with Crippen LogP contribution in [0.15, 0.2) is 34.8 Å². The van der Waals surface area contributed by atoms with Crippen LogP contribution < -0.4 is 20.5 Å². The Hall–Kier alpha value is -1.48. The molecule has 0 fully saturated rings. The van der Waals surface area contributed by atoms with Crippen molar-refractivity contribution in [2.75, 3.05) is 38.3 Å². The van der Waals surface area contributed by atoms with Crippen LogP contribution in [0.1, 0.15) is 12.8 Å². The van der Waals surface area contributed by atoms with Gasteiger partial charge < -0.3 is 25.3 Å². The highest BCUT2D eigenvalue weighted by atomic mass is 127. The number of rotatable bonds is 3. The summed E-state index contributed by atoms with van der Waals surface area (Å²) in [4.78, 5) is 4.34. The fourth-order valence-corrected chi connectivity index (χ4v) is 2.33. The van der Waals surface area contributed by atoms with E-state index in [0.717, 1.165) is 42.2 Å². The Morgan fingerprint density at radius 2 is 2.00 bits per heavy atom. The maximum atomic E-state index is 5.93. The molecular formula is C16H22IN3O3. The topological polar surface area (TPSA) is 78.1 Å². The fraction of sp³-hybridized carbons (Fsp3) is 0.438. The van der Waals surface area contributed by atoms with Crippen LogP contribution in [-0.4, -0.2) is 38.9 Å². The van der Waals surface area contributed by atoms with Crippen LogP contribution in [0.25, 0.3) is 0 Å². The maximum absolute atomic E-state index is 5.93. The van der Waals surface area contributed by atoms with Gasteiger partial charge in [-0.2, -0.15) is 0 Å². The predicted octanol–water partition coefficient (Wildman–Crippen LogP) is 2.54. The lowest BCUT2D eigenvalue weighted by atomic mass is 10.2. The summed E-state index contributed by atoms with van der Waals surface area (Å²) in [6.07, 6.45) is 3.99. The number of anilines is 1. The number of fused-ring (bicyclic) bond motifs is 1. The number of hydrogen-bond acceptors (Lipinski definition) is 4. The molecule has 0 amide bonds. The Morgan fingerprint density at radius 3 is 2.78 bits per heavy atom. The number of guanidine groups is 1. The zero-order valence-electron chi connectivity index (χ0n) is 12.9. The molecule has 6 nitrogen and oxygen atoms in total. The number of aliphatic imine (C=N–C) groups is 1. The molecule has 0 unspecified atom stereocenters. The summed E-state index contributed by atoms with van der Waals surface area (Å²) in [5.41, 5.74) is 7.92. The van der Waals surface area contributed by atoms with Crippen molar-refractivity contribution in [1.29, 1.82) is 0 Å². The number of benzene rings is 1. The highest BCUT2D eigenvalue weighted by Crippen LogP contribution is 2.32. The predicted molar refractivity (Wildman–Crippen MR) is 101 cm³/mol. The van der Waals surface area contributed by atoms with Gasteiger partial charge in [0.15, 0.2) is 17.5 Å². The van der Waals surface area contributed by atoms with E-state index < -0.39 is 0 Å². The number of nitrogens with one attached hydrogen (secondary N) is 1. The molecule has 2 heterocycles. The highest BCUT2D eigenvalue weighted by Gasteiger charge is 2.11. The van der Waals surface area contributed by atoms with Crippen molar-refractivity contribution in [3.8, 4) is 11.5 Å². The molecule has 1 aromatic carbocycles. The van der Waals surface area contributed by atoms with Gasteiger partial charge in [-0.15, -0.1) is 24.0 Å². The molecule has 2 aliphatic heterocycles. The molecule has 3 rings (SSSR count). The van der Waals surface area contributed by atoms with Gasteiger partial charge in [0.2, 0.25) is 0 Å². The van der Waals surface area contributed by atoms with Gasteiger partial charge in [0.25, 0.3) is 0 Å². The summed E-state index contributed by atoms with van der Waals surface area (Å²) in [6, 6.07) is 5.67. The minimum Gasteiger partial charge on any atom is -0.490 e. The Labute approximate surface area is 153 Å². The van der Waals surface area contributed by atoms with Gasteiger partial charge in [0.05, 0.1) is 33.0 Å². The molecule has 0 saturated carbocycles. The second-order valence-electron chi connectivity index (χ2n) is 5.24. The fourth-order valence-electron chi connectivity index (χ4n) is 2.33. The van der Waals surface area contributed by atoms with Crippen molar-refractivity contribution in [3.63, 3.8) is 0 Å². The molecule has 7 heteroatoms. The molecule has 0 radical (unpaired) electrons. The lowest BCUT2D eigenvalue weighted by Gasteiger charge is -2.13. The molecule has 1 aromatic rings. The summed E-state index contributed by atoms with van der Waals surface area (Å²) in [5, 5.41) is 3.08. The average Bonchev–Trinajstić information content (AvgIpc) is 2.79. The van der Waals surface area contributed by atoms with Gasteiger partial charge in [-0.3, -0.25) is 0 Å². The number of hydrogen-bond donors (Lipinski definition) is 2. The van der Waals surface area contributed by atoms with E-state index in [1.165, 1.54) is 0 Å². The second-order valence-corrected chi connectivity index (χ2v) is 5.24. The molecule has 0 bridgehead atoms. The standard InChI is InChI=1S/C16H21N3O3.HI/c17-16(18-10-12-3-1-6-20-11-12)19-13-4-5-14-15(9-13)22-8-2-7-21-14;/h3-5,9H,1-2,6-8,10-11H2,(H3,17,18,19);1H. The van der Waals surface area contributed by atoms with Gasteiger partial charge in [-0.25, -0.2) is 4.99 Å². The third kappa shape index (κ3) is 5.28. The first kappa shape index (κ1) is 17.9.